The van der Waals surface area contributed by atoms with Crippen molar-refractivity contribution >= 4 is 82.2 Å². The molecule has 2 aromatic heterocycles. The van der Waals surface area contributed by atoms with E-state index in [1.807, 2.05) is 45.1 Å². The number of aliphatic imine (C=N–C) groups is 2. The van der Waals surface area contributed by atoms with Gasteiger partial charge < -0.3 is 0 Å². The molecule has 4 aliphatic rings. The fourth-order valence-corrected chi connectivity index (χ4v) is 18.2. The predicted molar refractivity (Wildman–Crippen MR) is 183 cm³/mol. The summed E-state index contributed by atoms with van der Waals surface area (Å²) in [6, 6.07) is 0. The third kappa shape index (κ3) is 4.96. The average molecular weight is 752 g/mol. The van der Waals surface area contributed by atoms with Crippen LogP contribution in [0.2, 0.25) is 0 Å². The summed E-state index contributed by atoms with van der Waals surface area (Å²) in [5.41, 5.74) is 11.9. The summed E-state index contributed by atoms with van der Waals surface area (Å²) in [4.78, 5) is 33.6. The minimum atomic E-state index is -4.81. The van der Waals surface area contributed by atoms with Gasteiger partial charge in [-0.3, -0.25) is 0 Å². The number of aliphatic carboxylic acids is 2. The van der Waals surface area contributed by atoms with Crippen LogP contribution in [0, 0.1) is 13.8 Å². The number of carbonyl (C=O) groups is 2. The van der Waals surface area contributed by atoms with Crippen molar-refractivity contribution in [2.75, 3.05) is 0 Å². The fourth-order valence-electron chi connectivity index (χ4n) is 6.95. The van der Waals surface area contributed by atoms with Gasteiger partial charge in [-0.15, -0.1) is 0 Å². The molecule has 232 valence electrons. The van der Waals surface area contributed by atoms with Crippen LogP contribution >= 0.6 is 17.8 Å². The second-order valence-corrected chi connectivity index (χ2v) is 25.6. The number of aromatic nitrogens is 2. The summed E-state index contributed by atoms with van der Waals surface area (Å²) >= 11 is -4.81. The van der Waals surface area contributed by atoms with Crippen molar-refractivity contribution in [3.05, 3.63) is 90.7 Å². The summed E-state index contributed by atoms with van der Waals surface area (Å²) < 4.78 is 4.18. The molecule has 0 unspecified atom stereocenters. The molecule has 0 atom stereocenters. The number of rotatable bonds is 8. The van der Waals surface area contributed by atoms with Gasteiger partial charge in [0.15, 0.2) is 0 Å². The van der Waals surface area contributed by atoms with Crippen LogP contribution in [0.4, 0.5) is 0 Å². The van der Waals surface area contributed by atoms with Crippen LogP contribution in [-0.4, -0.2) is 55.8 Å². The van der Waals surface area contributed by atoms with Crippen molar-refractivity contribution in [2.24, 2.45) is 9.98 Å². The van der Waals surface area contributed by atoms with E-state index in [0.29, 0.717) is 17.8 Å². The summed E-state index contributed by atoms with van der Waals surface area (Å²) in [6.07, 6.45) is 11.0. The molecule has 45 heavy (non-hydrogen) atoms. The molecule has 0 amide bonds. The molecule has 4 aliphatic heterocycles. The molecule has 2 N–H and O–H groups in total. The normalized spacial score (nSPS) is 17.7. The van der Waals surface area contributed by atoms with Crippen molar-refractivity contribution in [2.45, 2.75) is 66.7 Å². The molecule has 8 nitrogen and oxygen atoms in total. The summed E-state index contributed by atoms with van der Waals surface area (Å²) in [7, 11) is 15.7. The Kier molecular flexibility index (Phi) is 8.07. The van der Waals surface area contributed by atoms with E-state index in [-0.39, 0.29) is 19.3 Å². The molecule has 2 aromatic rings. The number of fused-ring (bicyclic) bond motifs is 2. The Bertz CT molecular complexity index is 2080. The predicted octanol–water partition coefficient (Wildman–Crippen LogP) is 5.66. The van der Waals surface area contributed by atoms with Gasteiger partial charge in [0.1, 0.15) is 0 Å². The fraction of sp³-hybridized carbons (Fsp3) is 0.294. The molecule has 0 spiro atoms. The average Bonchev–Trinajstić information content (AvgIpc) is 3.61. The Morgan fingerprint density at radius 1 is 0.822 bits per heavy atom. The third-order valence-electron chi connectivity index (χ3n) is 9.32. The molecule has 0 fully saturated rings. The van der Waals surface area contributed by atoms with Gasteiger partial charge in [-0.1, -0.05) is 0 Å². The Morgan fingerprint density at radius 2 is 1.42 bits per heavy atom. The Morgan fingerprint density at radius 3 is 2.07 bits per heavy atom. The first-order valence-corrected chi connectivity index (χ1v) is 24.7. The monoisotopic (exact) mass is 752 g/mol. The molecule has 0 radical (unpaired) electrons. The van der Waals surface area contributed by atoms with Crippen molar-refractivity contribution in [3.8, 4) is 0 Å². The van der Waals surface area contributed by atoms with Crippen LogP contribution < -0.4 is 10.7 Å². The molecular weight excluding hydrogens is 718 g/mol. The zero-order valence-electron chi connectivity index (χ0n) is 25.9. The van der Waals surface area contributed by atoms with Crippen LogP contribution in [-0.2, 0) is 22.4 Å². The van der Waals surface area contributed by atoms with Gasteiger partial charge in [0.05, 0.1) is 0 Å². The quantitative estimate of drug-likeness (QED) is 0.340. The second-order valence-electron chi connectivity index (χ2n) is 11.8. The molecule has 6 rings (SSSR count). The SMILES string of the molecule is C=CC1=C(C)C2=NC1=Cc1c(C)c(CCC(=O)O)c3[n]1[Sn]([Cl])([Cl])[n]1c(c(C)c(CC)c1=C2)=CC1=NC(=C3)C(CCC(=O)O)=C1C. The molecule has 0 saturated carbocycles. The van der Waals surface area contributed by atoms with Crippen LogP contribution in [0.15, 0.2) is 56.3 Å². The molecule has 0 aliphatic carbocycles. The Balaban J connectivity index is 1.86. The topological polar surface area (TPSA) is 109 Å². The third-order valence-corrected chi connectivity index (χ3v) is 19.7. The second kappa shape index (κ2) is 11.5. The van der Waals surface area contributed by atoms with E-state index in [1.54, 1.807) is 0 Å². The maximum absolute atomic E-state index is 11.9. The van der Waals surface area contributed by atoms with Gasteiger partial charge in [-0.25, -0.2) is 0 Å². The molecule has 11 heteroatoms. The Labute approximate surface area is 273 Å². The number of hydrogen-bond acceptors (Lipinski definition) is 4. The van der Waals surface area contributed by atoms with Crippen LogP contribution in [0.5, 0.6) is 0 Å². The number of allylic oxidation sites excluding steroid dienone is 4. The number of hydrogen-bond donors (Lipinski definition) is 2. The number of carboxylic acid groups (broad SMARTS) is 2. The van der Waals surface area contributed by atoms with Gasteiger partial charge in [0.2, 0.25) is 0 Å². The molecule has 6 heterocycles. The molecule has 0 aromatic carbocycles. The first-order chi connectivity index (χ1) is 21.3. The van der Waals surface area contributed by atoms with Gasteiger partial charge in [-0.05, 0) is 0 Å². The number of halogens is 2. The molecule has 6 bridgehead atoms. The minimum absolute atomic E-state index is 0.0467. The van der Waals surface area contributed by atoms with Crippen molar-refractivity contribution in [1.29, 1.82) is 0 Å². The van der Waals surface area contributed by atoms with Gasteiger partial charge in [0, 0.05) is 0 Å². The van der Waals surface area contributed by atoms with E-state index in [0.717, 1.165) is 84.5 Å². The zero-order chi connectivity index (χ0) is 32.5. The van der Waals surface area contributed by atoms with Gasteiger partial charge in [-0.2, -0.15) is 0 Å². The van der Waals surface area contributed by atoms with Crippen LogP contribution in [0.1, 0.15) is 73.7 Å². The van der Waals surface area contributed by atoms with Gasteiger partial charge in [0.25, 0.3) is 0 Å². The van der Waals surface area contributed by atoms with E-state index in [2.05, 4.69) is 32.1 Å². The van der Waals surface area contributed by atoms with E-state index < -0.39 is 28.6 Å². The summed E-state index contributed by atoms with van der Waals surface area (Å²) in [6.45, 7) is 14.3. The first kappa shape index (κ1) is 31.6. The first-order valence-electron chi connectivity index (χ1n) is 15.0. The molecule has 0 saturated heterocycles. The maximum atomic E-state index is 11.9. The van der Waals surface area contributed by atoms with E-state index in [4.69, 9.17) is 27.8 Å². The zero-order valence-corrected chi connectivity index (χ0v) is 30.3. The van der Waals surface area contributed by atoms with Crippen molar-refractivity contribution < 1.29 is 19.8 Å². The number of nitrogens with zero attached hydrogens (tertiary/aromatic N) is 4. The Hall–Kier alpha value is -3.34. The van der Waals surface area contributed by atoms with Gasteiger partial charge >= 0.3 is 275 Å². The van der Waals surface area contributed by atoms with E-state index in [9.17, 15) is 19.8 Å². The van der Waals surface area contributed by atoms with Crippen molar-refractivity contribution in [1.82, 2.24) is 5.58 Å². The standard InChI is InChI=1S/C34H36N4O4.2ClH.Sn/c1-7-21-17(3)25-13-26-19(5)23(9-11-33(39)40)31(37-26)16-32-24(10-12-34(41)42)20(6)28(38-32)15-30-22(8-2)18(4)27(36-30)14-29(21)35-25;;;/h8,13-16H,2,7,9-12H2,1,3-6H3,(H4,35,36,37,38,39,40,41,42);2*1H;/q;;;+4/p-4. The van der Waals surface area contributed by atoms with E-state index in [1.165, 1.54) is 0 Å². The van der Waals surface area contributed by atoms with Crippen molar-refractivity contribution in [3.63, 3.8) is 0 Å². The van der Waals surface area contributed by atoms with E-state index >= 15 is 0 Å². The molecular formula is C34H34Cl2N4O4Sn. The number of carboxylic acids is 2. The summed E-state index contributed by atoms with van der Waals surface area (Å²) in [5.74, 6) is -1.80. The van der Waals surface area contributed by atoms with Crippen LogP contribution in [0.3, 0.4) is 0 Å². The summed E-state index contributed by atoms with van der Waals surface area (Å²) in [5, 5.41) is 21.0. The van der Waals surface area contributed by atoms with Crippen LogP contribution in [0.25, 0.3) is 24.3 Å².